The van der Waals surface area contributed by atoms with E-state index >= 15 is 0 Å². The van der Waals surface area contributed by atoms with Gasteiger partial charge in [0.25, 0.3) is 0 Å². The van der Waals surface area contributed by atoms with Crippen LogP contribution in [0.25, 0.3) is 27.5 Å². The highest BCUT2D eigenvalue weighted by molar-refractivity contribution is 6.32. The van der Waals surface area contributed by atoms with Crippen LogP contribution < -0.4 is 0 Å². The van der Waals surface area contributed by atoms with Crippen molar-refractivity contribution in [3.63, 3.8) is 0 Å². The summed E-state index contributed by atoms with van der Waals surface area (Å²) in [5.74, 6) is 0. The van der Waals surface area contributed by atoms with Gasteiger partial charge in [-0.1, -0.05) is 92.2 Å². The highest BCUT2D eigenvalue weighted by atomic mass is 35.5. The Morgan fingerprint density at radius 2 is 1.69 bits per heavy atom. The number of benzene rings is 3. The van der Waals surface area contributed by atoms with Gasteiger partial charge in [0.1, 0.15) is 0 Å². The molecule has 0 aromatic heterocycles. The smallest absolute Gasteiger partial charge is 0.0231 e. The Morgan fingerprint density at radius 3 is 2.50 bits per heavy atom. The van der Waals surface area contributed by atoms with E-state index in [1.165, 1.54) is 44.2 Å². The van der Waals surface area contributed by atoms with Gasteiger partial charge in [0.15, 0.2) is 0 Å². The van der Waals surface area contributed by atoms with E-state index in [-0.39, 0.29) is 5.41 Å². The van der Waals surface area contributed by atoms with Gasteiger partial charge in [0.05, 0.1) is 0 Å². The minimum Gasteiger partial charge on any atom is -0.0888 e. The van der Waals surface area contributed by atoms with Crippen molar-refractivity contribution in [3.8, 4) is 11.1 Å². The molecule has 3 aromatic rings. The van der Waals surface area contributed by atoms with Crippen molar-refractivity contribution < 1.29 is 0 Å². The first-order chi connectivity index (χ1) is 12.6. The second-order valence-corrected chi connectivity index (χ2v) is 8.28. The SMILES string of the molecule is CC1(C)C2=C(Cl)CCC=C2c2c(-c3ccccc3)ccc3cccc1c23. The maximum absolute atomic E-state index is 6.81. The zero-order chi connectivity index (χ0) is 17.9. The van der Waals surface area contributed by atoms with Crippen molar-refractivity contribution in [2.75, 3.05) is 0 Å². The van der Waals surface area contributed by atoms with Gasteiger partial charge in [-0.3, -0.25) is 0 Å². The fourth-order valence-electron chi connectivity index (χ4n) is 4.79. The summed E-state index contributed by atoms with van der Waals surface area (Å²) in [6, 6.07) is 21.9. The minimum atomic E-state index is -0.0782. The molecule has 0 bridgehead atoms. The number of hydrogen-bond acceptors (Lipinski definition) is 0. The van der Waals surface area contributed by atoms with Crippen LogP contribution in [-0.4, -0.2) is 0 Å². The summed E-state index contributed by atoms with van der Waals surface area (Å²) >= 11 is 6.81. The number of rotatable bonds is 1. The summed E-state index contributed by atoms with van der Waals surface area (Å²) in [7, 11) is 0. The average molecular weight is 357 g/mol. The molecule has 3 aromatic carbocycles. The van der Waals surface area contributed by atoms with Crippen LogP contribution in [0.2, 0.25) is 0 Å². The Balaban J connectivity index is 1.98. The summed E-state index contributed by atoms with van der Waals surface area (Å²) in [5.41, 5.74) is 7.89. The topological polar surface area (TPSA) is 0 Å². The van der Waals surface area contributed by atoms with Gasteiger partial charge < -0.3 is 0 Å². The van der Waals surface area contributed by atoms with Crippen LogP contribution in [-0.2, 0) is 5.41 Å². The molecule has 0 saturated heterocycles. The summed E-state index contributed by atoms with van der Waals surface area (Å²) in [4.78, 5) is 0. The quantitative estimate of drug-likeness (QED) is 0.424. The summed E-state index contributed by atoms with van der Waals surface area (Å²) in [5, 5.41) is 3.73. The second-order valence-electron chi connectivity index (χ2n) is 7.82. The van der Waals surface area contributed by atoms with E-state index in [9.17, 15) is 0 Å². The molecular formula is C25H21Cl. The molecule has 26 heavy (non-hydrogen) atoms. The van der Waals surface area contributed by atoms with E-state index in [0.717, 1.165) is 17.9 Å². The Morgan fingerprint density at radius 1 is 0.885 bits per heavy atom. The Bertz CT molecular complexity index is 1100. The number of halogens is 1. The second kappa shape index (κ2) is 5.59. The van der Waals surface area contributed by atoms with Crippen LogP contribution in [0.5, 0.6) is 0 Å². The molecule has 0 spiro atoms. The van der Waals surface area contributed by atoms with E-state index in [2.05, 4.69) is 80.6 Å². The predicted molar refractivity (Wildman–Crippen MR) is 113 cm³/mol. The zero-order valence-electron chi connectivity index (χ0n) is 15.1. The standard InChI is InChI=1S/C25H21Cl/c1-25(2)20-12-6-10-17-14-15-18(16-8-4-3-5-9-16)23(22(17)20)19-11-7-13-21(26)24(19)25/h3-6,8-12,14-15H,7,13H2,1-2H3. The number of hydrogen-bond donors (Lipinski definition) is 0. The molecule has 0 N–H and O–H groups in total. The fourth-order valence-corrected chi connectivity index (χ4v) is 5.24. The van der Waals surface area contributed by atoms with Gasteiger partial charge in [0, 0.05) is 10.4 Å². The molecule has 2 aliphatic rings. The molecule has 0 unspecified atom stereocenters. The lowest BCUT2D eigenvalue weighted by molar-refractivity contribution is 0.634. The van der Waals surface area contributed by atoms with Crippen molar-refractivity contribution in [2.45, 2.75) is 32.1 Å². The normalized spacial score (nSPS) is 17.9. The largest absolute Gasteiger partial charge is 0.0888 e. The Hall–Kier alpha value is -2.31. The molecule has 0 radical (unpaired) electrons. The Kier molecular flexibility index (Phi) is 3.42. The van der Waals surface area contributed by atoms with E-state index in [4.69, 9.17) is 11.6 Å². The first-order valence-corrected chi connectivity index (χ1v) is 9.68. The van der Waals surface area contributed by atoms with Crippen LogP contribution in [0.1, 0.15) is 37.8 Å². The van der Waals surface area contributed by atoms with E-state index in [0.29, 0.717) is 0 Å². The van der Waals surface area contributed by atoms with Gasteiger partial charge >= 0.3 is 0 Å². The summed E-state index contributed by atoms with van der Waals surface area (Å²) < 4.78 is 0. The maximum Gasteiger partial charge on any atom is 0.0231 e. The summed E-state index contributed by atoms with van der Waals surface area (Å²) in [6.45, 7) is 4.63. The molecule has 0 atom stereocenters. The third-order valence-electron chi connectivity index (χ3n) is 5.95. The third kappa shape index (κ3) is 2.09. The molecule has 0 heterocycles. The van der Waals surface area contributed by atoms with Gasteiger partial charge in [-0.05, 0) is 57.0 Å². The minimum absolute atomic E-state index is 0.0782. The van der Waals surface area contributed by atoms with Crippen molar-refractivity contribution in [1.29, 1.82) is 0 Å². The predicted octanol–water partition coefficient (Wildman–Crippen LogP) is 7.47. The average Bonchev–Trinajstić information content (AvgIpc) is 2.66. The zero-order valence-corrected chi connectivity index (χ0v) is 15.9. The molecule has 0 fully saturated rings. The fraction of sp³-hybridized carbons (Fsp3) is 0.200. The first-order valence-electron chi connectivity index (χ1n) is 9.30. The third-order valence-corrected chi connectivity index (χ3v) is 6.33. The monoisotopic (exact) mass is 356 g/mol. The van der Waals surface area contributed by atoms with Gasteiger partial charge in [-0.25, -0.2) is 0 Å². The summed E-state index contributed by atoms with van der Waals surface area (Å²) in [6.07, 6.45) is 4.36. The lowest BCUT2D eigenvalue weighted by Gasteiger charge is -2.40. The van der Waals surface area contributed by atoms with Crippen molar-refractivity contribution in [1.82, 2.24) is 0 Å². The van der Waals surface area contributed by atoms with Gasteiger partial charge in [0.2, 0.25) is 0 Å². The van der Waals surface area contributed by atoms with E-state index in [1.807, 2.05) is 0 Å². The molecule has 1 heteroatoms. The molecule has 2 aliphatic carbocycles. The molecule has 5 rings (SSSR count). The van der Waals surface area contributed by atoms with Crippen LogP contribution in [0.15, 0.2) is 77.3 Å². The number of fused-ring (bicyclic) bond motifs is 2. The van der Waals surface area contributed by atoms with Crippen LogP contribution in [0, 0.1) is 0 Å². The van der Waals surface area contributed by atoms with Crippen molar-refractivity contribution in [2.24, 2.45) is 0 Å². The van der Waals surface area contributed by atoms with Gasteiger partial charge in [-0.2, -0.15) is 0 Å². The Labute approximate surface area is 159 Å². The molecule has 0 amide bonds. The van der Waals surface area contributed by atoms with Crippen LogP contribution >= 0.6 is 11.6 Å². The first kappa shape index (κ1) is 15.9. The highest BCUT2D eigenvalue weighted by Crippen LogP contribution is 2.55. The van der Waals surface area contributed by atoms with Crippen molar-refractivity contribution in [3.05, 3.63) is 88.5 Å². The maximum atomic E-state index is 6.81. The lowest BCUT2D eigenvalue weighted by Crippen LogP contribution is -2.28. The van der Waals surface area contributed by atoms with Crippen LogP contribution in [0.4, 0.5) is 0 Å². The van der Waals surface area contributed by atoms with Crippen LogP contribution in [0.3, 0.4) is 0 Å². The van der Waals surface area contributed by atoms with E-state index in [1.54, 1.807) is 0 Å². The van der Waals surface area contributed by atoms with Gasteiger partial charge in [-0.15, -0.1) is 0 Å². The van der Waals surface area contributed by atoms with E-state index < -0.39 is 0 Å². The van der Waals surface area contributed by atoms with Crippen molar-refractivity contribution >= 4 is 27.9 Å². The molecule has 128 valence electrons. The lowest BCUT2D eigenvalue weighted by atomic mass is 9.64. The molecule has 0 saturated carbocycles. The highest BCUT2D eigenvalue weighted by Gasteiger charge is 2.39. The molecule has 0 aliphatic heterocycles. The molecule has 0 nitrogen and oxygen atoms in total. The molecular weight excluding hydrogens is 336 g/mol. The number of allylic oxidation sites excluding steroid dienone is 4.